The van der Waals surface area contributed by atoms with Crippen LogP contribution in [0.3, 0.4) is 0 Å². The molecule has 15 heavy (non-hydrogen) atoms. The molecule has 1 aromatic carbocycles. The lowest BCUT2D eigenvalue weighted by atomic mass is 10.2. The van der Waals surface area contributed by atoms with Crippen molar-refractivity contribution in [2.75, 3.05) is 0 Å². The molecule has 0 saturated carbocycles. The molecule has 82 valence electrons. The summed E-state index contributed by atoms with van der Waals surface area (Å²) in [6, 6.07) is 7.18. The molecule has 1 aromatic rings. The standard InChI is InChI=1S/C9H7Cl3O2S/c10-9(11,12)8(13)14-5-6-3-1-2-4-7(6)15/h1-4,15H,5H2. The highest BCUT2D eigenvalue weighted by molar-refractivity contribution is 7.80. The molecule has 0 spiro atoms. The van der Waals surface area contributed by atoms with Crippen molar-refractivity contribution in [3.05, 3.63) is 29.8 Å². The number of hydrogen-bond donors (Lipinski definition) is 1. The van der Waals surface area contributed by atoms with Crippen LogP contribution in [0.4, 0.5) is 0 Å². The van der Waals surface area contributed by atoms with Crippen LogP contribution in [0.1, 0.15) is 5.56 Å². The van der Waals surface area contributed by atoms with Crippen LogP contribution in [0.5, 0.6) is 0 Å². The number of rotatable bonds is 2. The third-order valence-corrected chi connectivity index (χ3v) is 2.48. The summed E-state index contributed by atoms with van der Waals surface area (Å²) in [5, 5.41) is 0. The highest BCUT2D eigenvalue weighted by Crippen LogP contribution is 2.28. The van der Waals surface area contributed by atoms with Crippen molar-refractivity contribution in [3.63, 3.8) is 0 Å². The Morgan fingerprint density at radius 3 is 2.47 bits per heavy atom. The fourth-order valence-corrected chi connectivity index (χ4v) is 1.25. The Bertz CT molecular complexity index is 363. The minimum Gasteiger partial charge on any atom is -0.458 e. The van der Waals surface area contributed by atoms with E-state index in [1.54, 1.807) is 18.2 Å². The molecule has 0 heterocycles. The second kappa shape index (κ2) is 5.30. The van der Waals surface area contributed by atoms with E-state index in [0.717, 1.165) is 10.5 Å². The van der Waals surface area contributed by atoms with Gasteiger partial charge in [-0.2, -0.15) is 0 Å². The molecule has 0 bridgehead atoms. The van der Waals surface area contributed by atoms with Crippen molar-refractivity contribution in [2.24, 2.45) is 0 Å². The molecule has 0 aliphatic rings. The van der Waals surface area contributed by atoms with E-state index >= 15 is 0 Å². The quantitative estimate of drug-likeness (QED) is 0.512. The van der Waals surface area contributed by atoms with Gasteiger partial charge in [-0.1, -0.05) is 53.0 Å². The number of alkyl halides is 3. The van der Waals surface area contributed by atoms with Crippen LogP contribution in [0, 0.1) is 0 Å². The summed E-state index contributed by atoms with van der Waals surface area (Å²) >= 11 is 20.2. The Morgan fingerprint density at radius 1 is 1.33 bits per heavy atom. The van der Waals surface area contributed by atoms with E-state index in [9.17, 15) is 4.79 Å². The molecule has 1 rings (SSSR count). The molecule has 0 aromatic heterocycles. The van der Waals surface area contributed by atoms with Crippen LogP contribution in [-0.2, 0) is 16.1 Å². The molecule has 0 radical (unpaired) electrons. The molecule has 0 amide bonds. The zero-order valence-corrected chi connectivity index (χ0v) is 10.6. The van der Waals surface area contributed by atoms with E-state index in [0.29, 0.717) is 0 Å². The molecule has 0 atom stereocenters. The number of thiol groups is 1. The summed E-state index contributed by atoms with van der Waals surface area (Å²) in [7, 11) is 0. The average molecular weight is 286 g/mol. The molecule has 0 N–H and O–H groups in total. The molecule has 0 saturated heterocycles. The molecule has 6 heteroatoms. The van der Waals surface area contributed by atoms with Crippen LogP contribution >= 0.6 is 47.4 Å². The summed E-state index contributed by atoms with van der Waals surface area (Å²) in [6.45, 7) is 0.0341. The zero-order valence-electron chi connectivity index (χ0n) is 7.41. The first kappa shape index (κ1) is 13.0. The van der Waals surface area contributed by atoms with Crippen LogP contribution < -0.4 is 0 Å². The van der Waals surface area contributed by atoms with Gasteiger partial charge in [-0.15, -0.1) is 12.6 Å². The predicted octanol–water partition coefficient (Wildman–Crippen LogP) is 3.39. The lowest BCUT2D eigenvalue weighted by Crippen LogP contribution is -2.21. The fraction of sp³-hybridized carbons (Fsp3) is 0.222. The van der Waals surface area contributed by atoms with Crippen molar-refractivity contribution >= 4 is 53.4 Å². The Labute approximate surface area is 108 Å². The first-order valence-electron chi connectivity index (χ1n) is 3.92. The van der Waals surface area contributed by atoms with Crippen molar-refractivity contribution in [1.82, 2.24) is 0 Å². The molecular formula is C9H7Cl3O2S. The van der Waals surface area contributed by atoms with Crippen LogP contribution in [-0.4, -0.2) is 9.76 Å². The van der Waals surface area contributed by atoms with Gasteiger partial charge >= 0.3 is 5.97 Å². The lowest BCUT2D eigenvalue weighted by molar-refractivity contribution is -0.143. The average Bonchev–Trinajstić information content (AvgIpc) is 2.14. The van der Waals surface area contributed by atoms with E-state index in [1.165, 1.54) is 0 Å². The van der Waals surface area contributed by atoms with Gasteiger partial charge in [0.15, 0.2) is 0 Å². The monoisotopic (exact) mass is 284 g/mol. The maximum Gasteiger partial charge on any atom is 0.358 e. The maximum absolute atomic E-state index is 11.1. The number of halogens is 3. The van der Waals surface area contributed by atoms with Gasteiger partial charge in [0.25, 0.3) is 3.79 Å². The van der Waals surface area contributed by atoms with Gasteiger partial charge in [0.05, 0.1) is 0 Å². The number of benzene rings is 1. The van der Waals surface area contributed by atoms with Gasteiger partial charge < -0.3 is 4.74 Å². The van der Waals surface area contributed by atoms with Gasteiger partial charge in [0.1, 0.15) is 6.61 Å². The maximum atomic E-state index is 11.1. The van der Waals surface area contributed by atoms with Crippen LogP contribution in [0.15, 0.2) is 29.2 Å². The first-order valence-corrected chi connectivity index (χ1v) is 5.50. The van der Waals surface area contributed by atoms with Gasteiger partial charge in [-0.05, 0) is 6.07 Å². The molecule has 0 fully saturated rings. The minimum atomic E-state index is -2.04. The van der Waals surface area contributed by atoms with E-state index in [1.807, 2.05) is 6.07 Å². The van der Waals surface area contributed by atoms with Gasteiger partial charge in [-0.25, -0.2) is 4.79 Å². The van der Waals surface area contributed by atoms with E-state index in [-0.39, 0.29) is 6.61 Å². The Morgan fingerprint density at radius 2 is 1.93 bits per heavy atom. The first-order chi connectivity index (χ1) is 6.91. The summed E-state index contributed by atoms with van der Waals surface area (Å²) < 4.78 is 2.75. The van der Waals surface area contributed by atoms with Crippen molar-refractivity contribution in [1.29, 1.82) is 0 Å². The van der Waals surface area contributed by atoms with Crippen molar-refractivity contribution < 1.29 is 9.53 Å². The van der Waals surface area contributed by atoms with Crippen molar-refractivity contribution in [3.8, 4) is 0 Å². The number of carbonyl (C=O) groups excluding carboxylic acids is 1. The third-order valence-electron chi connectivity index (χ3n) is 1.58. The zero-order chi connectivity index (χ0) is 11.5. The van der Waals surface area contributed by atoms with Gasteiger partial charge in [0, 0.05) is 10.5 Å². The lowest BCUT2D eigenvalue weighted by Gasteiger charge is -2.11. The predicted molar refractivity (Wildman–Crippen MR) is 63.8 cm³/mol. The second-order valence-corrected chi connectivity index (χ2v) is 5.47. The summed E-state index contributed by atoms with van der Waals surface area (Å²) in [6.07, 6.45) is 0. The molecule has 2 nitrogen and oxygen atoms in total. The van der Waals surface area contributed by atoms with Gasteiger partial charge in [-0.3, -0.25) is 0 Å². The molecule has 0 aliphatic carbocycles. The summed E-state index contributed by atoms with van der Waals surface area (Å²) in [5.41, 5.74) is 0.753. The fourth-order valence-electron chi connectivity index (χ4n) is 0.858. The molecule has 0 unspecified atom stereocenters. The third kappa shape index (κ3) is 4.11. The largest absolute Gasteiger partial charge is 0.458 e. The topological polar surface area (TPSA) is 26.3 Å². The highest BCUT2D eigenvalue weighted by Gasteiger charge is 2.32. The number of esters is 1. The number of ether oxygens (including phenoxy) is 1. The highest BCUT2D eigenvalue weighted by atomic mass is 35.6. The Balaban J connectivity index is 2.59. The number of hydrogen-bond acceptors (Lipinski definition) is 3. The Kier molecular flexibility index (Phi) is 4.59. The smallest absolute Gasteiger partial charge is 0.358 e. The summed E-state index contributed by atoms with van der Waals surface area (Å²) in [5.74, 6) is -0.899. The van der Waals surface area contributed by atoms with Gasteiger partial charge in [0.2, 0.25) is 0 Å². The normalized spacial score (nSPS) is 11.2. The van der Waals surface area contributed by atoms with E-state index < -0.39 is 9.76 Å². The SMILES string of the molecule is O=C(OCc1ccccc1S)C(Cl)(Cl)Cl. The Hall–Kier alpha value is -0.0900. The van der Waals surface area contributed by atoms with Crippen LogP contribution in [0.25, 0.3) is 0 Å². The minimum absolute atomic E-state index is 0.0341. The van der Waals surface area contributed by atoms with Crippen molar-refractivity contribution in [2.45, 2.75) is 15.3 Å². The molecular weight excluding hydrogens is 279 g/mol. The second-order valence-electron chi connectivity index (χ2n) is 2.70. The van der Waals surface area contributed by atoms with E-state index in [2.05, 4.69) is 12.6 Å². The number of carbonyl (C=O) groups is 1. The van der Waals surface area contributed by atoms with Crippen LogP contribution in [0.2, 0.25) is 0 Å². The summed E-state index contributed by atoms with van der Waals surface area (Å²) in [4.78, 5) is 11.8. The van der Waals surface area contributed by atoms with E-state index in [4.69, 9.17) is 39.5 Å². The molecule has 0 aliphatic heterocycles.